The summed E-state index contributed by atoms with van der Waals surface area (Å²) in [5.41, 5.74) is 7.54. The van der Waals surface area contributed by atoms with Crippen molar-refractivity contribution < 1.29 is 4.79 Å². The molecule has 0 fully saturated rings. The zero-order chi connectivity index (χ0) is 14.2. The van der Waals surface area contributed by atoms with Gasteiger partial charge in [-0.3, -0.25) is 4.79 Å². The van der Waals surface area contributed by atoms with Crippen molar-refractivity contribution in [2.45, 2.75) is 6.42 Å². The van der Waals surface area contributed by atoms with Gasteiger partial charge in [0.2, 0.25) is 6.29 Å². The predicted octanol–water partition coefficient (Wildman–Crippen LogP) is 4.38. The summed E-state index contributed by atoms with van der Waals surface area (Å²) in [6.45, 7) is 0. The Balaban J connectivity index is 1.96. The van der Waals surface area contributed by atoms with E-state index in [9.17, 15) is 4.79 Å². The summed E-state index contributed by atoms with van der Waals surface area (Å²) in [6.07, 6.45) is 3.00. The van der Waals surface area contributed by atoms with Crippen molar-refractivity contribution in [1.82, 2.24) is 0 Å². The highest BCUT2D eigenvalue weighted by Gasteiger charge is 2.23. The average molecular weight is 269 g/mol. The molecule has 0 N–H and O–H groups in total. The Kier molecular flexibility index (Phi) is 2.71. The lowest BCUT2D eigenvalue weighted by Crippen LogP contribution is -1.95. The first-order chi connectivity index (χ1) is 10.4. The second kappa shape index (κ2) is 4.71. The van der Waals surface area contributed by atoms with Crippen molar-refractivity contribution in [2.75, 3.05) is 0 Å². The highest BCUT2D eigenvalue weighted by atomic mass is 16.1. The van der Waals surface area contributed by atoms with Gasteiger partial charge < -0.3 is 0 Å². The minimum Gasteiger partial charge on any atom is -0.285 e. The number of rotatable bonds is 2. The van der Waals surface area contributed by atoms with Gasteiger partial charge in [0.1, 0.15) is 0 Å². The summed E-state index contributed by atoms with van der Waals surface area (Å²) in [4.78, 5) is 11.6. The molecule has 0 unspecified atom stereocenters. The second-order valence-corrected chi connectivity index (χ2v) is 5.32. The molecule has 1 aliphatic rings. The first-order valence-electron chi connectivity index (χ1n) is 7.06. The van der Waals surface area contributed by atoms with Crippen molar-refractivity contribution in [1.29, 1.82) is 0 Å². The highest BCUT2D eigenvalue weighted by Crippen LogP contribution is 2.40. The standard InChI is InChI=1S/C20H13O/c21-13-20-17(14-6-2-1-3-7-14)10-11-18-16-9-5-4-8-15(16)12-19(18)20/h1-11H,12H2. The molecule has 3 aromatic rings. The first kappa shape index (κ1) is 12.1. The molecular weight excluding hydrogens is 256 g/mol. The van der Waals surface area contributed by atoms with E-state index in [1.807, 2.05) is 48.5 Å². The monoisotopic (exact) mass is 269 g/mol. The van der Waals surface area contributed by atoms with Crippen LogP contribution in [-0.4, -0.2) is 6.29 Å². The van der Waals surface area contributed by atoms with Crippen LogP contribution in [0.1, 0.15) is 16.7 Å². The summed E-state index contributed by atoms with van der Waals surface area (Å²) >= 11 is 0. The third kappa shape index (κ3) is 1.82. The first-order valence-corrected chi connectivity index (χ1v) is 7.06. The van der Waals surface area contributed by atoms with Gasteiger partial charge in [0, 0.05) is 5.56 Å². The Bertz CT molecular complexity index is 832. The normalized spacial score (nSPS) is 11.8. The fraction of sp³-hybridized carbons (Fsp3) is 0.0500. The maximum absolute atomic E-state index is 11.6. The summed E-state index contributed by atoms with van der Waals surface area (Å²) < 4.78 is 0. The molecule has 0 amide bonds. The van der Waals surface area contributed by atoms with Gasteiger partial charge in [-0.1, -0.05) is 66.7 Å². The van der Waals surface area contributed by atoms with E-state index in [2.05, 4.69) is 24.5 Å². The molecule has 1 heteroatoms. The third-order valence-corrected chi connectivity index (χ3v) is 4.17. The van der Waals surface area contributed by atoms with Gasteiger partial charge in [0.05, 0.1) is 0 Å². The Labute approximate surface area is 123 Å². The minimum absolute atomic E-state index is 0.704. The molecule has 0 aromatic heterocycles. The van der Waals surface area contributed by atoms with Gasteiger partial charge in [-0.15, -0.1) is 0 Å². The Morgan fingerprint density at radius 2 is 1.43 bits per heavy atom. The minimum atomic E-state index is 0.704. The maximum atomic E-state index is 11.6. The van der Waals surface area contributed by atoms with Crippen LogP contribution >= 0.6 is 0 Å². The van der Waals surface area contributed by atoms with Gasteiger partial charge in [-0.2, -0.15) is 0 Å². The highest BCUT2D eigenvalue weighted by molar-refractivity contribution is 5.95. The topological polar surface area (TPSA) is 17.1 Å². The molecule has 0 bridgehead atoms. The summed E-state index contributed by atoms with van der Waals surface area (Å²) in [5, 5.41) is 0. The van der Waals surface area contributed by atoms with E-state index >= 15 is 0 Å². The molecule has 21 heavy (non-hydrogen) atoms. The zero-order valence-electron chi connectivity index (χ0n) is 11.5. The van der Waals surface area contributed by atoms with Crippen LogP contribution in [0.4, 0.5) is 0 Å². The van der Waals surface area contributed by atoms with E-state index in [-0.39, 0.29) is 0 Å². The number of fused-ring (bicyclic) bond motifs is 3. The average Bonchev–Trinajstić information content (AvgIpc) is 2.93. The molecule has 1 radical (unpaired) electrons. The lowest BCUT2D eigenvalue weighted by Gasteiger charge is -2.10. The van der Waals surface area contributed by atoms with Crippen LogP contribution in [0.15, 0.2) is 66.7 Å². The van der Waals surface area contributed by atoms with Crippen molar-refractivity contribution in [3.8, 4) is 22.3 Å². The third-order valence-electron chi connectivity index (χ3n) is 4.17. The predicted molar refractivity (Wildman–Crippen MR) is 84.9 cm³/mol. The summed E-state index contributed by atoms with van der Waals surface area (Å²) in [6, 6.07) is 22.5. The Morgan fingerprint density at radius 3 is 2.24 bits per heavy atom. The molecule has 0 saturated carbocycles. The lowest BCUT2D eigenvalue weighted by molar-refractivity contribution is 0.562. The fourth-order valence-corrected chi connectivity index (χ4v) is 3.19. The van der Waals surface area contributed by atoms with Crippen molar-refractivity contribution in [3.05, 3.63) is 83.4 Å². The van der Waals surface area contributed by atoms with Crippen molar-refractivity contribution in [2.24, 2.45) is 0 Å². The molecule has 0 atom stereocenters. The fourth-order valence-electron chi connectivity index (χ4n) is 3.19. The van der Waals surface area contributed by atoms with Crippen molar-refractivity contribution >= 4 is 6.29 Å². The van der Waals surface area contributed by atoms with E-state index < -0.39 is 0 Å². The molecule has 99 valence electrons. The number of carbonyl (C=O) groups excluding carboxylic acids is 1. The van der Waals surface area contributed by atoms with Crippen LogP contribution in [0.5, 0.6) is 0 Å². The van der Waals surface area contributed by atoms with Gasteiger partial charge >= 0.3 is 0 Å². The van der Waals surface area contributed by atoms with Gasteiger partial charge in [0.15, 0.2) is 0 Å². The molecule has 1 aliphatic carbocycles. The smallest absolute Gasteiger partial charge is 0.234 e. The maximum Gasteiger partial charge on any atom is 0.234 e. The van der Waals surface area contributed by atoms with Crippen LogP contribution in [0.3, 0.4) is 0 Å². The number of hydrogen-bond acceptors (Lipinski definition) is 1. The Hall–Kier alpha value is -2.67. The summed E-state index contributed by atoms with van der Waals surface area (Å²) in [5.74, 6) is 0. The SMILES string of the molecule is O=[C]c1c(-c2ccccc2)ccc2c1Cc1ccccc1-2. The molecule has 0 aliphatic heterocycles. The molecule has 0 heterocycles. The molecule has 0 saturated heterocycles. The lowest BCUT2D eigenvalue weighted by atomic mass is 9.93. The molecule has 1 nitrogen and oxygen atoms in total. The van der Waals surface area contributed by atoms with Crippen LogP contribution in [0.25, 0.3) is 22.3 Å². The molecule has 4 rings (SSSR count). The molecule has 3 aromatic carbocycles. The van der Waals surface area contributed by atoms with Crippen molar-refractivity contribution in [3.63, 3.8) is 0 Å². The van der Waals surface area contributed by atoms with Gasteiger partial charge in [0.25, 0.3) is 0 Å². The van der Waals surface area contributed by atoms with Crippen LogP contribution in [0.2, 0.25) is 0 Å². The molecular formula is C20H13O. The quantitative estimate of drug-likeness (QED) is 0.527. The summed E-state index contributed by atoms with van der Waals surface area (Å²) in [7, 11) is 0. The van der Waals surface area contributed by atoms with E-state index in [1.54, 1.807) is 0 Å². The second-order valence-electron chi connectivity index (χ2n) is 5.32. The number of hydrogen-bond donors (Lipinski definition) is 0. The van der Waals surface area contributed by atoms with Gasteiger partial charge in [-0.05, 0) is 39.8 Å². The van der Waals surface area contributed by atoms with Crippen LogP contribution in [-0.2, 0) is 11.2 Å². The van der Waals surface area contributed by atoms with E-state index in [0.29, 0.717) is 5.56 Å². The Morgan fingerprint density at radius 1 is 0.714 bits per heavy atom. The van der Waals surface area contributed by atoms with E-state index in [1.165, 1.54) is 16.7 Å². The van der Waals surface area contributed by atoms with Gasteiger partial charge in [-0.25, -0.2) is 0 Å². The largest absolute Gasteiger partial charge is 0.285 e. The van der Waals surface area contributed by atoms with Crippen LogP contribution in [0, 0.1) is 0 Å². The van der Waals surface area contributed by atoms with Crippen LogP contribution < -0.4 is 0 Å². The number of benzene rings is 3. The van der Waals surface area contributed by atoms with E-state index in [0.717, 1.165) is 23.1 Å². The zero-order valence-corrected chi connectivity index (χ0v) is 11.5. The molecule has 0 spiro atoms. The van der Waals surface area contributed by atoms with E-state index in [4.69, 9.17) is 0 Å².